The van der Waals surface area contributed by atoms with Gasteiger partial charge in [0.05, 0.1) is 26.4 Å². The summed E-state index contributed by atoms with van der Waals surface area (Å²) in [7, 11) is 3.69. The van der Waals surface area contributed by atoms with Gasteiger partial charge in [-0.25, -0.2) is 0 Å². The van der Waals surface area contributed by atoms with Gasteiger partial charge in [-0.1, -0.05) is 17.7 Å². The number of methoxy groups -OCH3 is 1. The zero-order chi connectivity index (χ0) is 19.8. The van der Waals surface area contributed by atoms with E-state index in [0.29, 0.717) is 17.9 Å². The molecule has 5 nitrogen and oxygen atoms in total. The van der Waals surface area contributed by atoms with Crippen LogP contribution >= 0.6 is 11.6 Å². The molecule has 0 saturated carbocycles. The SMILES string of the molecule is COc1ccc(C(O)Cn2c3c(c4cc(Cl)ccc42)CCN(C)C3)cc1CO. The van der Waals surface area contributed by atoms with E-state index in [-0.39, 0.29) is 6.61 Å². The molecule has 0 fully saturated rings. The van der Waals surface area contributed by atoms with Crippen molar-refractivity contribution in [3.05, 3.63) is 63.8 Å². The maximum atomic E-state index is 11.0. The Hall–Kier alpha value is -2.05. The van der Waals surface area contributed by atoms with Crippen LogP contribution in [0.5, 0.6) is 5.75 Å². The molecular weight excluding hydrogens is 376 g/mol. The molecule has 0 saturated heterocycles. The van der Waals surface area contributed by atoms with Gasteiger partial charge in [0.1, 0.15) is 5.75 Å². The number of aliphatic hydroxyl groups is 2. The summed E-state index contributed by atoms with van der Waals surface area (Å²) in [5.41, 5.74) is 5.10. The molecule has 148 valence electrons. The molecule has 1 atom stereocenters. The maximum absolute atomic E-state index is 11.0. The zero-order valence-electron chi connectivity index (χ0n) is 16.2. The minimum absolute atomic E-state index is 0.130. The Kier molecular flexibility index (Phi) is 5.34. The average Bonchev–Trinajstić information content (AvgIpc) is 2.99. The summed E-state index contributed by atoms with van der Waals surface area (Å²) in [4.78, 5) is 2.29. The van der Waals surface area contributed by atoms with Gasteiger partial charge in [-0.2, -0.15) is 0 Å². The Morgan fingerprint density at radius 1 is 1.21 bits per heavy atom. The lowest BCUT2D eigenvalue weighted by Crippen LogP contribution is -2.28. The highest BCUT2D eigenvalue weighted by atomic mass is 35.5. The first kappa shape index (κ1) is 19.3. The second-order valence-electron chi connectivity index (χ2n) is 7.43. The van der Waals surface area contributed by atoms with Gasteiger partial charge in [0.15, 0.2) is 0 Å². The monoisotopic (exact) mass is 400 g/mol. The lowest BCUT2D eigenvalue weighted by Gasteiger charge is -2.25. The van der Waals surface area contributed by atoms with Gasteiger partial charge in [-0.3, -0.25) is 0 Å². The van der Waals surface area contributed by atoms with Crippen molar-refractivity contribution >= 4 is 22.5 Å². The summed E-state index contributed by atoms with van der Waals surface area (Å²) in [5.74, 6) is 0.624. The molecule has 6 heteroatoms. The predicted octanol–water partition coefficient (Wildman–Crippen LogP) is 3.52. The topological polar surface area (TPSA) is 57.9 Å². The summed E-state index contributed by atoms with van der Waals surface area (Å²) in [6, 6.07) is 11.4. The molecule has 2 aromatic carbocycles. The second kappa shape index (κ2) is 7.76. The number of aliphatic hydroxyl groups excluding tert-OH is 2. The molecule has 0 spiro atoms. The van der Waals surface area contributed by atoms with Gasteiger partial charge >= 0.3 is 0 Å². The van der Waals surface area contributed by atoms with Crippen LogP contribution in [0.1, 0.15) is 28.5 Å². The molecule has 4 rings (SSSR count). The number of rotatable bonds is 5. The third kappa shape index (κ3) is 3.40. The van der Waals surface area contributed by atoms with E-state index in [0.717, 1.165) is 35.6 Å². The van der Waals surface area contributed by atoms with Gasteiger partial charge in [-0.15, -0.1) is 0 Å². The van der Waals surface area contributed by atoms with Crippen LogP contribution in [0.3, 0.4) is 0 Å². The normalized spacial score (nSPS) is 15.6. The molecule has 0 bridgehead atoms. The molecule has 28 heavy (non-hydrogen) atoms. The van der Waals surface area contributed by atoms with Gasteiger partial charge in [0.2, 0.25) is 0 Å². The minimum atomic E-state index is -0.696. The van der Waals surface area contributed by atoms with Gasteiger partial charge in [0.25, 0.3) is 0 Å². The Morgan fingerprint density at radius 3 is 2.79 bits per heavy atom. The highest BCUT2D eigenvalue weighted by Gasteiger charge is 2.24. The van der Waals surface area contributed by atoms with E-state index < -0.39 is 6.10 Å². The largest absolute Gasteiger partial charge is 0.496 e. The van der Waals surface area contributed by atoms with E-state index in [2.05, 4.69) is 16.5 Å². The molecule has 0 radical (unpaired) electrons. The number of likely N-dealkylation sites (N-methyl/N-ethyl adjacent to an activating group) is 1. The first-order valence-corrected chi connectivity index (χ1v) is 9.83. The van der Waals surface area contributed by atoms with Crippen molar-refractivity contribution in [2.24, 2.45) is 0 Å². The molecule has 2 N–H and O–H groups in total. The molecule has 0 aliphatic carbocycles. The van der Waals surface area contributed by atoms with Crippen molar-refractivity contribution in [2.75, 3.05) is 20.7 Å². The number of halogens is 1. The standard InChI is InChI=1S/C22H25ClN2O3/c1-24-8-7-17-18-10-16(23)4-5-19(18)25(20(17)11-24)12-21(27)14-3-6-22(28-2)15(9-14)13-26/h3-6,9-10,21,26-27H,7-8,11-13H2,1-2H3. The second-order valence-corrected chi connectivity index (χ2v) is 7.87. The van der Waals surface area contributed by atoms with Gasteiger partial charge in [0, 0.05) is 40.3 Å². The molecule has 1 aliphatic heterocycles. The third-order valence-electron chi connectivity index (χ3n) is 5.63. The number of aromatic nitrogens is 1. The van der Waals surface area contributed by atoms with E-state index in [1.807, 2.05) is 30.3 Å². The van der Waals surface area contributed by atoms with Crippen molar-refractivity contribution in [1.82, 2.24) is 9.47 Å². The quantitative estimate of drug-likeness (QED) is 0.688. The lowest BCUT2D eigenvalue weighted by molar-refractivity contribution is 0.154. The van der Waals surface area contributed by atoms with Crippen LogP contribution in [-0.2, 0) is 26.1 Å². The molecule has 2 heterocycles. The number of benzene rings is 2. The first-order chi connectivity index (χ1) is 13.5. The van der Waals surface area contributed by atoms with Crippen molar-refractivity contribution in [3.8, 4) is 5.75 Å². The summed E-state index contributed by atoms with van der Waals surface area (Å²) in [6.45, 7) is 2.17. The van der Waals surface area contributed by atoms with E-state index in [1.54, 1.807) is 13.2 Å². The molecule has 0 amide bonds. The summed E-state index contributed by atoms with van der Waals surface area (Å²) in [5, 5.41) is 22.5. The van der Waals surface area contributed by atoms with Crippen LogP contribution in [0, 0.1) is 0 Å². The Morgan fingerprint density at radius 2 is 2.04 bits per heavy atom. The van der Waals surface area contributed by atoms with Gasteiger partial charge in [-0.05, 0) is 54.9 Å². The number of nitrogens with zero attached hydrogens (tertiary/aromatic N) is 2. The first-order valence-electron chi connectivity index (χ1n) is 9.45. The predicted molar refractivity (Wildman–Crippen MR) is 111 cm³/mol. The summed E-state index contributed by atoms with van der Waals surface area (Å²) < 4.78 is 7.48. The fraction of sp³-hybridized carbons (Fsp3) is 0.364. The third-order valence-corrected chi connectivity index (χ3v) is 5.86. The molecule has 1 aromatic heterocycles. The fourth-order valence-electron chi connectivity index (χ4n) is 4.16. The Labute approximate surface area is 169 Å². The van der Waals surface area contributed by atoms with Gasteiger partial charge < -0.3 is 24.4 Å². The zero-order valence-corrected chi connectivity index (χ0v) is 16.9. The van der Waals surface area contributed by atoms with Crippen molar-refractivity contribution in [2.45, 2.75) is 32.2 Å². The van der Waals surface area contributed by atoms with Crippen LogP contribution in [0.4, 0.5) is 0 Å². The minimum Gasteiger partial charge on any atom is -0.496 e. The van der Waals surface area contributed by atoms with Crippen LogP contribution in [0.2, 0.25) is 5.02 Å². The molecule has 3 aromatic rings. The fourth-order valence-corrected chi connectivity index (χ4v) is 4.33. The van der Waals surface area contributed by atoms with Crippen molar-refractivity contribution in [3.63, 3.8) is 0 Å². The van der Waals surface area contributed by atoms with E-state index in [4.69, 9.17) is 16.3 Å². The van der Waals surface area contributed by atoms with Crippen LogP contribution < -0.4 is 4.74 Å². The summed E-state index contributed by atoms with van der Waals surface area (Å²) >= 11 is 6.26. The smallest absolute Gasteiger partial charge is 0.124 e. The highest BCUT2D eigenvalue weighted by molar-refractivity contribution is 6.31. The van der Waals surface area contributed by atoms with E-state index in [1.165, 1.54) is 16.6 Å². The lowest BCUT2D eigenvalue weighted by atomic mass is 10.0. The number of fused-ring (bicyclic) bond motifs is 3. The van der Waals surface area contributed by atoms with Crippen molar-refractivity contribution in [1.29, 1.82) is 0 Å². The molecule has 1 aliphatic rings. The number of hydrogen-bond donors (Lipinski definition) is 2. The van der Waals surface area contributed by atoms with Crippen molar-refractivity contribution < 1.29 is 14.9 Å². The van der Waals surface area contributed by atoms with Crippen LogP contribution in [-0.4, -0.2) is 40.4 Å². The maximum Gasteiger partial charge on any atom is 0.124 e. The van der Waals surface area contributed by atoms with E-state index in [9.17, 15) is 10.2 Å². The van der Waals surface area contributed by atoms with E-state index >= 15 is 0 Å². The molecular formula is C22H25ClN2O3. The number of hydrogen-bond acceptors (Lipinski definition) is 4. The van der Waals surface area contributed by atoms with Crippen LogP contribution in [0.15, 0.2) is 36.4 Å². The van der Waals surface area contributed by atoms with Crippen LogP contribution in [0.25, 0.3) is 10.9 Å². The Balaban J connectivity index is 1.74. The summed E-state index contributed by atoms with van der Waals surface area (Å²) in [6.07, 6.45) is 0.280. The highest BCUT2D eigenvalue weighted by Crippen LogP contribution is 2.34. The molecule has 1 unspecified atom stereocenters. The Bertz CT molecular complexity index is 1010. The average molecular weight is 401 g/mol. The number of ether oxygens (including phenoxy) is 1.